The van der Waals surface area contributed by atoms with Gasteiger partial charge < -0.3 is 25.8 Å². The minimum absolute atomic E-state index is 0.166. The Hall–Kier alpha value is -3.93. The summed E-state index contributed by atoms with van der Waals surface area (Å²) in [5.74, 6) is 0.508. The zero-order valence-corrected chi connectivity index (χ0v) is 15.2. The predicted octanol–water partition coefficient (Wildman–Crippen LogP) is 4.25. The Kier molecular flexibility index (Phi) is 3.52. The van der Waals surface area contributed by atoms with Crippen molar-refractivity contribution in [2.24, 2.45) is 0 Å². The smallest absolute Gasteiger partial charge is 0.256 e. The number of amides is 1. The Bertz CT molecular complexity index is 1260. The van der Waals surface area contributed by atoms with Gasteiger partial charge >= 0.3 is 0 Å². The van der Waals surface area contributed by atoms with Gasteiger partial charge in [0.25, 0.3) is 5.91 Å². The van der Waals surface area contributed by atoms with Gasteiger partial charge in [-0.05, 0) is 53.4 Å². The van der Waals surface area contributed by atoms with Crippen molar-refractivity contribution in [2.75, 3.05) is 18.2 Å². The van der Waals surface area contributed by atoms with Crippen LogP contribution in [0, 0.1) is 0 Å². The van der Waals surface area contributed by atoms with E-state index in [0.717, 1.165) is 39.0 Å². The highest BCUT2D eigenvalue weighted by Crippen LogP contribution is 2.44. The first kappa shape index (κ1) is 16.3. The van der Waals surface area contributed by atoms with Crippen LogP contribution in [0.3, 0.4) is 0 Å². The van der Waals surface area contributed by atoms with Crippen LogP contribution < -0.4 is 15.8 Å². The van der Waals surface area contributed by atoms with Crippen molar-refractivity contribution in [3.63, 3.8) is 0 Å². The van der Waals surface area contributed by atoms with Crippen LogP contribution in [0.15, 0.2) is 54.9 Å². The molecule has 0 aliphatic carbocycles. The highest BCUT2D eigenvalue weighted by atomic mass is 16.5. The molecule has 0 fully saturated rings. The van der Waals surface area contributed by atoms with Crippen LogP contribution in [-0.4, -0.2) is 23.0 Å². The van der Waals surface area contributed by atoms with E-state index in [-0.39, 0.29) is 5.91 Å². The Morgan fingerprint density at radius 3 is 2.71 bits per heavy atom. The van der Waals surface area contributed by atoms with Gasteiger partial charge in [-0.2, -0.15) is 0 Å². The molecule has 6 nitrogen and oxygen atoms in total. The van der Waals surface area contributed by atoms with Crippen molar-refractivity contribution >= 4 is 39.8 Å². The maximum Gasteiger partial charge on any atom is 0.256 e. The maximum absolute atomic E-state index is 12.7. The van der Waals surface area contributed by atoms with Crippen molar-refractivity contribution in [3.8, 4) is 16.9 Å². The quantitative estimate of drug-likeness (QED) is 0.321. The van der Waals surface area contributed by atoms with E-state index >= 15 is 0 Å². The lowest BCUT2D eigenvalue weighted by atomic mass is 9.92. The summed E-state index contributed by atoms with van der Waals surface area (Å²) in [5.41, 5.74) is 12.7. The molecule has 0 saturated carbocycles. The molecule has 4 aromatic rings. The second-order valence-corrected chi connectivity index (χ2v) is 6.70. The summed E-state index contributed by atoms with van der Waals surface area (Å²) < 4.78 is 5.36. The van der Waals surface area contributed by atoms with E-state index in [2.05, 4.69) is 21.4 Å². The van der Waals surface area contributed by atoms with E-state index in [1.807, 2.05) is 42.6 Å². The molecule has 28 heavy (non-hydrogen) atoms. The lowest BCUT2D eigenvalue weighted by molar-refractivity contribution is -0.110. The summed E-state index contributed by atoms with van der Waals surface area (Å²) in [6.45, 7) is 0. The van der Waals surface area contributed by atoms with Gasteiger partial charge in [-0.25, -0.2) is 0 Å². The van der Waals surface area contributed by atoms with Crippen LogP contribution in [-0.2, 0) is 4.79 Å². The molecule has 5 N–H and O–H groups in total. The van der Waals surface area contributed by atoms with Crippen molar-refractivity contribution < 1.29 is 9.53 Å². The standard InChI is InChI=1S/C22H18N4O2/c1-28-19-7-9-25-18(19)11-14-21-17(26-22(14)27)5-3-15(23)20(21)13-2-4-16-12(10-13)6-8-24-16/h2-11,24-25H,23H2,1H3,(H,26,27). The average Bonchev–Trinajstić information content (AvgIpc) is 3.41. The molecule has 0 unspecified atom stereocenters. The number of ether oxygens (including phenoxy) is 1. The predicted molar refractivity (Wildman–Crippen MR) is 112 cm³/mol. The maximum atomic E-state index is 12.7. The van der Waals surface area contributed by atoms with Gasteiger partial charge in [-0.1, -0.05) is 6.07 Å². The van der Waals surface area contributed by atoms with Crippen molar-refractivity contribution in [3.05, 3.63) is 66.1 Å². The molecule has 0 saturated heterocycles. The number of anilines is 2. The molecule has 1 amide bonds. The topological polar surface area (TPSA) is 95.9 Å². The van der Waals surface area contributed by atoms with Crippen molar-refractivity contribution in [2.45, 2.75) is 0 Å². The minimum atomic E-state index is -0.166. The van der Waals surface area contributed by atoms with E-state index in [0.29, 0.717) is 17.0 Å². The number of aromatic amines is 2. The number of nitrogens with one attached hydrogen (secondary N) is 3. The average molecular weight is 370 g/mol. The van der Waals surface area contributed by atoms with E-state index in [1.54, 1.807) is 19.4 Å². The van der Waals surface area contributed by atoms with E-state index in [1.165, 1.54) is 0 Å². The molecule has 0 radical (unpaired) electrons. The first-order valence-electron chi connectivity index (χ1n) is 8.90. The number of benzene rings is 2. The summed E-state index contributed by atoms with van der Waals surface area (Å²) in [4.78, 5) is 19.1. The second-order valence-electron chi connectivity index (χ2n) is 6.70. The molecule has 138 valence electrons. The summed E-state index contributed by atoms with van der Waals surface area (Å²) in [7, 11) is 1.60. The number of nitrogens with two attached hydrogens (primary N) is 1. The van der Waals surface area contributed by atoms with Gasteiger partial charge in [0.05, 0.1) is 18.4 Å². The van der Waals surface area contributed by atoms with Gasteiger partial charge in [0.1, 0.15) is 5.75 Å². The van der Waals surface area contributed by atoms with Crippen molar-refractivity contribution in [1.82, 2.24) is 9.97 Å². The van der Waals surface area contributed by atoms with Crippen LogP contribution in [0.1, 0.15) is 11.3 Å². The molecular weight excluding hydrogens is 352 g/mol. The zero-order valence-electron chi connectivity index (χ0n) is 15.2. The number of nitrogen functional groups attached to an aromatic ring is 1. The summed E-state index contributed by atoms with van der Waals surface area (Å²) in [5, 5.41) is 4.03. The number of carbonyl (C=O) groups is 1. The molecule has 1 aliphatic rings. The summed E-state index contributed by atoms with van der Waals surface area (Å²) in [6, 6.07) is 13.6. The molecule has 6 heteroatoms. The molecule has 0 bridgehead atoms. The molecule has 0 spiro atoms. The van der Waals surface area contributed by atoms with Gasteiger partial charge in [-0.3, -0.25) is 4.79 Å². The molecular formula is C22H18N4O2. The number of carbonyl (C=O) groups excluding carboxylic acids is 1. The number of rotatable bonds is 3. The van der Waals surface area contributed by atoms with E-state index in [4.69, 9.17) is 10.5 Å². The second kappa shape index (κ2) is 6.06. The zero-order chi connectivity index (χ0) is 19.3. The third-order valence-electron chi connectivity index (χ3n) is 5.09. The van der Waals surface area contributed by atoms with Gasteiger partial charge in [0.15, 0.2) is 0 Å². The number of hydrogen-bond acceptors (Lipinski definition) is 3. The molecule has 2 aromatic carbocycles. The highest BCUT2D eigenvalue weighted by Gasteiger charge is 2.29. The van der Waals surface area contributed by atoms with Crippen LogP contribution in [0.5, 0.6) is 5.75 Å². The van der Waals surface area contributed by atoms with Gasteiger partial charge in [0.2, 0.25) is 0 Å². The first-order chi connectivity index (χ1) is 13.7. The fourth-order valence-corrected chi connectivity index (χ4v) is 3.77. The monoisotopic (exact) mass is 370 g/mol. The Morgan fingerprint density at radius 1 is 1.00 bits per heavy atom. The van der Waals surface area contributed by atoms with Crippen LogP contribution in [0.2, 0.25) is 0 Å². The lowest BCUT2D eigenvalue weighted by Crippen LogP contribution is -2.03. The Labute approximate surface area is 161 Å². The Morgan fingerprint density at radius 2 is 1.86 bits per heavy atom. The van der Waals surface area contributed by atoms with Crippen LogP contribution >= 0.6 is 0 Å². The first-order valence-corrected chi connectivity index (χ1v) is 8.90. The van der Waals surface area contributed by atoms with E-state index in [9.17, 15) is 4.79 Å². The molecule has 2 aromatic heterocycles. The third-order valence-corrected chi connectivity index (χ3v) is 5.09. The minimum Gasteiger partial charge on any atom is -0.495 e. The molecule has 0 atom stereocenters. The largest absolute Gasteiger partial charge is 0.495 e. The normalized spacial score (nSPS) is 14.5. The highest BCUT2D eigenvalue weighted by molar-refractivity contribution is 6.36. The summed E-state index contributed by atoms with van der Waals surface area (Å²) >= 11 is 0. The number of methoxy groups -OCH3 is 1. The van der Waals surface area contributed by atoms with Gasteiger partial charge in [0, 0.05) is 40.4 Å². The van der Waals surface area contributed by atoms with Crippen LogP contribution in [0.25, 0.3) is 33.7 Å². The fraction of sp³-hybridized carbons (Fsp3) is 0.0455. The molecule has 3 heterocycles. The lowest BCUT2D eigenvalue weighted by Gasteiger charge is -2.12. The SMILES string of the molecule is COc1cc[nH]c1C=C1C(=O)Nc2ccc(N)c(-c3ccc4[nH]ccc4c3)c21. The fourth-order valence-electron chi connectivity index (χ4n) is 3.77. The number of aromatic nitrogens is 2. The molecule has 5 rings (SSSR count). The third kappa shape index (κ3) is 2.39. The number of fused-ring (bicyclic) bond motifs is 2. The number of H-pyrrole nitrogens is 2. The molecule has 1 aliphatic heterocycles. The summed E-state index contributed by atoms with van der Waals surface area (Å²) in [6.07, 6.45) is 5.48. The van der Waals surface area contributed by atoms with Gasteiger partial charge in [-0.15, -0.1) is 0 Å². The van der Waals surface area contributed by atoms with Crippen molar-refractivity contribution in [1.29, 1.82) is 0 Å². The Balaban J connectivity index is 1.75. The van der Waals surface area contributed by atoms with E-state index < -0.39 is 0 Å². The van der Waals surface area contributed by atoms with Crippen LogP contribution in [0.4, 0.5) is 11.4 Å². The number of hydrogen-bond donors (Lipinski definition) is 4.